The molecule has 0 radical (unpaired) electrons. The fraction of sp³-hybridized carbons (Fsp3) is 0.500. The van der Waals surface area contributed by atoms with Crippen LogP contribution in [0.3, 0.4) is 0 Å². The molecule has 0 amide bonds. The van der Waals surface area contributed by atoms with Crippen molar-refractivity contribution in [1.82, 2.24) is 20.0 Å². The molecule has 2 heterocycles. The molecule has 1 fully saturated rings. The van der Waals surface area contributed by atoms with Gasteiger partial charge in [0.1, 0.15) is 5.65 Å². The van der Waals surface area contributed by atoms with Crippen molar-refractivity contribution in [3.05, 3.63) is 35.8 Å². The molecule has 5 nitrogen and oxygen atoms in total. The van der Waals surface area contributed by atoms with Gasteiger partial charge < -0.3 is 15.0 Å². The molecule has 1 aliphatic rings. The molecule has 1 saturated carbocycles. The Morgan fingerprint density at radius 2 is 2.33 bits per heavy atom. The van der Waals surface area contributed by atoms with Crippen LogP contribution in [0, 0.1) is 6.92 Å². The van der Waals surface area contributed by atoms with Gasteiger partial charge in [0.15, 0.2) is 5.96 Å². The molecule has 0 aliphatic heterocycles. The van der Waals surface area contributed by atoms with Crippen molar-refractivity contribution in [2.45, 2.75) is 39.2 Å². The highest BCUT2D eigenvalue weighted by atomic mass is 15.2. The lowest BCUT2D eigenvalue weighted by molar-refractivity contribution is 0.806. The molecule has 0 aromatic carbocycles. The third-order valence-corrected chi connectivity index (χ3v) is 3.63. The van der Waals surface area contributed by atoms with Gasteiger partial charge in [-0.05, 0) is 38.3 Å². The molecule has 21 heavy (non-hydrogen) atoms. The van der Waals surface area contributed by atoms with Crippen molar-refractivity contribution in [3.8, 4) is 0 Å². The summed E-state index contributed by atoms with van der Waals surface area (Å²) in [5.74, 6) is 0.931. The van der Waals surface area contributed by atoms with E-state index in [4.69, 9.17) is 0 Å². The second-order valence-electron chi connectivity index (χ2n) is 5.58. The summed E-state index contributed by atoms with van der Waals surface area (Å²) in [6.07, 6.45) is 7.52. The zero-order valence-electron chi connectivity index (χ0n) is 12.8. The highest BCUT2D eigenvalue weighted by molar-refractivity contribution is 5.80. The number of pyridine rings is 1. The normalized spacial score (nSPS) is 15.4. The minimum absolute atomic E-state index is 0.626. The third kappa shape index (κ3) is 3.54. The molecule has 0 bridgehead atoms. The molecule has 1 aliphatic carbocycles. The molecule has 0 atom stereocenters. The van der Waals surface area contributed by atoms with Crippen LogP contribution < -0.4 is 10.6 Å². The number of aryl methyl sites for hydroxylation is 1. The number of hydrogen-bond donors (Lipinski definition) is 2. The van der Waals surface area contributed by atoms with Gasteiger partial charge in [0.2, 0.25) is 0 Å². The van der Waals surface area contributed by atoms with Gasteiger partial charge in [-0.1, -0.05) is 6.07 Å². The lowest BCUT2D eigenvalue weighted by Crippen LogP contribution is -2.38. The van der Waals surface area contributed by atoms with Crippen molar-refractivity contribution in [2.75, 3.05) is 13.1 Å². The quantitative estimate of drug-likeness (QED) is 0.652. The molecule has 3 rings (SSSR count). The van der Waals surface area contributed by atoms with Crippen LogP contribution in [0.5, 0.6) is 0 Å². The number of nitrogens with one attached hydrogen (secondary N) is 2. The number of hydrogen-bond acceptors (Lipinski definition) is 2. The Morgan fingerprint density at radius 1 is 1.48 bits per heavy atom. The number of guanidine groups is 1. The molecule has 112 valence electrons. The molecule has 2 N–H and O–H groups in total. The molecular formula is C16H23N5. The summed E-state index contributed by atoms with van der Waals surface area (Å²) in [6, 6.07) is 4.77. The van der Waals surface area contributed by atoms with Crippen LogP contribution in [0.2, 0.25) is 0 Å². The average Bonchev–Trinajstić information content (AvgIpc) is 3.17. The SMILES string of the molecule is CCNC(=NCCc1cn2cccc(C)c2n1)NC1CC1. The second-order valence-corrected chi connectivity index (χ2v) is 5.58. The van der Waals surface area contributed by atoms with Crippen LogP contribution in [-0.2, 0) is 6.42 Å². The summed E-state index contributed by atoms with van der Waals surface area (Å²) in [6.45, 7) is 5.83. The van der Waals surface area contributed by atoms with E-state index in [0.717, 1.165) is 36.8 Å². The van der Waals surface area contributed by atoms with E-state index in [0.29, 0.717) is 6.04 Å². The number of rotatable bonds is 5. The zero-order chi connectivity index (χ0) is 14.7. The summed E-state index contributed by atoms with van der Waals surface area (Å²) < 4.78 is 2.09. The fourth-order valence-electron chi connectivity index (χ4n) is 2.35. The minimum atomic E-state index is 0.626. The summed E-state index contributed by atoms with van der Waals surface area (Å²) in [5, 5.41) is 6.72. The molecule has 0 saturated heterocycles. The second kappa shape index (κ2) is 6.16. The number of aromatic nitrogens is 2. The first-order valence-corrected chi connectivity index (χ1v) is 7.74. The van der Waals surface area contributed by atoms with E-state index in [1.54, 1.807) is 0 Å². The van der Waals surface area contributed by atoms with Gasteiger partial charge in [0.05, 0.1) is 5.69 Å². The van der Waals surface area contributed by atoms with Crippen molar-refractivity contribution in [2.24, 2.45) is 4.99 Å². The van der Waals surface area contributed by atoms with Crippen LogP contribution in [-0.4, -0.2) is 34.5 Å². The first kappa shape index (κ1) is 13.9. The standard InChI is InChI=1S/C16H23N5/c1-3-17-16(20-13-6-7-13)18-9-8-14-11-21-10-4-5-12(2)15(21)19-14/h4-5,10-11,13H,3,6-9H2,1-2H3,(H2,17,18,20). The van der Waals surface area contributed by atoms with E-state index in [1.165, 1.54) is 18.4 Å². The van der Waals surface area contributed by atoms with Crippen LogP contribution in [0.15, 0.2) is 29.5 Å². The maximum Gasteiger partial charge on any atom is 0.191 e. The van der Waals surface area contributed by atoms with Crippen LogP contribution in [0.1, 0.15) is 31.0 Å². The topological polar surface area (TPSA) is 53.7 Å². The summed E-state index contributed by atoms with van der Waals surface area (Å²) in [5.41, 5.74) is 3.34. The smallest absolute Gasteiger partial charge is 0.191 e. The van der Waals surface area contributed by atoms with Gasteiger partial charge in [-0.3, -0.25) is 4.99 Å². The van der Waals surface area contributed by atoms with E-state index in [1.807, 2.05) is 6.20 Å². The summed E-state index contributed by atoms with van der Waals surface area (Å²) >= 11 is 0. The Kier molecular flexibility index (Phi) is 4.08. The van der Waals surface area contributed by atoms with E-state index >= 15 is 0 Å². The summed E-state index contributed by atoms with van der Waals surface area (Å²) in [4.78, 5) is 9.31. The van der Waals surface area contributed by atoms with E-state index in [9.17, 15) is 0 Å². The number of imidazole rings is 1. The third-order valence-electron chi connectivity index (χ3n) is 3.63. The van der Waals surface area contributed by atoms with Gasteiger partial charge in [0.25, 0.3) is 0 Å². The highest BCUT2D eigenvalue weighted by Crippen LogP contribution is 2.18. The predicted molar refractivity (Wildman–Crippen MR) is 85.8 cm³/mol. The largest absolute Gasteiger partial charge is 0.357 e. The predicted octanol–water partition coefficient (Wildman–Crippen LogP) is 1.90. The van der Waals surface area contributed by atoms with Crippen LogP contribution in [0.25, 0.3) is 5.65 Å². The maximum atomic E-state index is 4.68. The average molecular weight is 285 g/mol. The monoisotopic (exact) mass is 285 g/mol. The lowest BCUT2D eigenvalue weighted by Gasteiger charge is -2.09. The van der Waals surface area contributed by atoms with E-state index in [-0.39, 0.29) is 0 Å². The fourth-order valence-corrected chi connectivity index (χ4v) is 2.35. The first-order valence-electron chi connectivity index (χ1n) is 7.74. The van der Waals surface area contributed by atoms with Gasteiger partial charge in [0, 0.05) is 37.9 Å². The van der Waals surface area contributed by atoms with Crippen LogP contribution >= 0.6 is 0 Å². The first-order chi connectivity index (χ1) is 10.3. The molecule has 0 spiro atoms. The van der Waals surface area contributed by atoms with Crippen LogP contribution in [0.4, 0.5) is 0 Å². The number of fused-ring (bicyclic) bond motifs is 1. The number of aliphatic imine (C=N–C) groups is 1. The van der Waals surface area contributed by atoms with Gasteiger partial charge in [-0.15, -0.1) is 0 Å². The number of nitrogens with zero attached hydrogens (tertiary/aromatic N) is 3. The molecule has 0 unspecified atom stereocenters. The molecule has 2 aromatic rings. The van der Waals surface area contributed by atoms with E-state index < -0.39 is 0 Å². The molecule has 2 aromatic heterocycles. The summed E-state index contributed by atoms with van der Waals surface area (Å²) in [7, 11) is 0. The Bertz CT molecular complexity index is 639. The maximum absolute atomic E-state index is 4.68. The molecule has 5 heteroatoms. The van der Waals surface area contributed by atoms with Crippen molar-refractivity contribution >= 4 is 11.6 Å². The Morgan fingerprint density at radius 3 is 3.05 bits per heavy atom. The van der Waals surface area contributed by atoms with E-state index in [2.05, 4.69) is 57.2 Å². The van der Waals surface area contributed by atoms with Gasteiger partial charge >= 0.3 is 0 Å². The Labute approximate surface area is 125 Å². The lowest BCUT2D eigenvalue weighted by atomic mass is 10.3. The van der Waals surface area contributed by atoms with Gasteiger partial charge in [-0.2, -0.15) is 0 Å². The Hall–Kier alpha value is -2.04. The van der Waals surface area contributed by atoms with Gasteiger partial charge in [-0.25, -0.2) is 4.98 Å². The molecular weight excluding hydrogens is 262 g/mol. The van der Waals surface area contributed by atoms with Crippen molar-refractivity contribution in [3.63, 3.8) is 0 Å². The van der Waals surface area contributed by atoms with Crippen molar-refractivity contribution in [1.29, 1.82) is 0 Å². The van der Waals surface area contributed by atoms with Crippen molar-refractivity contribution < 1.29 is 0 Å². The Balaban J connectivity index is 1.63. The minimum Gasteiger partial charge on any atom is -0.357 e. The highest BCUT2D eigenvalue weighted by Gasteiger charge is 2.21. The zero-order valence-corrected chi connectivity index (χ0v) is 12.8.